The maximum Gasteiger partial charge on any atom is 0.411 e. The quantitative estimate of drug-likeness (QED) is 0.537. The molecule has 6 nitrogen and oxygen atoms in total. The predicted octanol–water partition coefficient (Wildman–Crippen LogP) is 3.37. The van der Waals surface area contributed by atoms with E-state index in [1.807, 2.05) is 24.3 Å². The average Bonchev–Trinajstić information content (AvgIpc) is 2.74. The first kappa shape index (κ1) is 22.7. The smallest absolute Gasteiger partial charge is 0.411 e. The number of nitrogens with zero attached hydrogens (tertiary/aromatic N) is 3. The molecule has 1 aliphatic heterocycles. The molecule has 1 fully saturated rings. The Morgan fingerprint density at radius 1 is 1.06 bits per heavy atom. The lowest BCUT2D eigenvalue weighted by atomic mass is 10.1. The molecule has 2 aromatic carbocycles. The van der Waals surface area contributed by atoms with Gasteiger partial charge in [-0.25, -0.2) is 0 Å². The number of aliphatic imine (C=N–C) groups is 1. The second kappa shape index (κ2) is 10.4. The van der Waals surface area contributed by atoms with E-state index >= 15 is 0 Å². The van der Waals surface area contributed by atoms with Gasteiger partial charge in [0.15, 0.2) is 5.96 Å². The van der Waals surface area contributed by atoms with Crippen molar-refractivity contribution in [3.8, 4) is 5.75 Å². The number of nitrogens with one attached hydrogen (secondary N) is 1. The normalized spacial score (nSPS) is 15.3. The molecule has 3 rings (SSSR count). The number of ether oxygens (including phenoxy) is 1. The van der Waals surface area contributed by atoms with E-state index in [1.54, 1.807) is 31.3 Å². The molecule has 0 aliphatic carbocycles. The molecule has 1 aliphatic rings. The summed E-state index contributed by atoms with van der Waals surface area (Å²) in [5.41, 5.74) is 2.45. The number of guanidine groups is 1. The zero-order valence-electron chi connectivity index (χ0n) is 17.4. The molecule has 2 N–H and O–H groups in total. The minimum atomic E-state index is -4.32. The van der Waals surface area contributed by atoms with Crippen LogP contribution < -0.4 is 10.2 Å². The van der Waals surface area contributed by atoms with Gasteiger partial charge in [0.2, 0.25) is 0 Å². The number of phenolic OH excluding ortho intramolecular Hbond substituents is 1. The first-order valence-corrected chi connectivity index (χ1v) is 10.1. The summed E-state index contributed by atoms with van der Waals surface area (Å²) in [6.45, 7) is 2.16. The lowest BCUT2D eigenvalue weighted by Crippen LogP contribution is -2.52. The second-order valence-electron chi connectivity index (χ2n) is 7.29. The molecule has 0 bridgehead atoms. The van der Waals surface area contributed by atoms with E-state index in [1.165, 1.54) is 0 Å². The van der Waals surface area contributed by atoms with E-state index in [0.29, 0.717) is 12.1 Å². The Balaban J connectivity index is 1.50. The van der Waals surface area contributed by atoms with Gasteiger partial charge in [0.25, 0.3) is 0 Å². The van der Waals surface area contributed by atoms with Gasteiger partial charge in [-0.15, -0.1) is 0 Å². The monoisotopic (exact) mass is 436 g/mol. The fourth-order valence-electron chi connectivity index (χ4n) is 3.52. The van der Waals surface area contributed by atoms with Crippen LogP contribution in [0.15, 0.2) is 53.5 Å². The number of alkyl halides is 3. The van der Waals surface area contributed by atoms with Crippen molar-refractivity contribution in [2.75, 3.05) is 44.7 Å². The molecule has 1 heterocycles. The topological polar surface area (TPSA) is 60.3 Å². The third-order valence-electron chi connectivity index (χ3n) is 4.99. The van der Waals surface area contributed by atoms with Crippen LogP contribution in [0.25, 0.3) is 0 Å². The van der Waals surface area contributed by atoms with Crippen molar-refractivity contribution in [2.45, 2.75) is 19.3 Å². The van der Waals surface area contributed by atoms with Gasteiger partial charge in [0.05, 0.1) is 12.3 Å². The summed E-state index contributed by atoms with van der Waals surface area (Å²) >= 11 is 0. The first-order valence-electron chi connectivity index (χ1n) is 10.1. The Hall–Kier alpha value is -2.94. The molecule has 0 amide bonds. The Kier molecular flexibility index (Phi) is 7.62. The number of hydrogen-bond acceptors (Lipinski definition) is 4. The molecule has 168 valence electrons. The van der Waals surface area contributed by atoms with Gasteiger partial charge >= 0.3 is 6.18 Å². The first-order chi connectivity index (χ1) is 14.9. The number of para-hydroxylation sites is 2. The largest absolute Gasteiger partial charge is 0.506 e. The molecule has 0 radical (unpaired) electrons. The van der Waals surface area contributed by atoms with E-state index in [0.717, 1.165) is 43.4 Å². The highest BCUT2D eigenvalue weighted by Gasteiger charge is 2.27. The summed E-state index contributed by atoms with van der Waals surface area (Å²) in [7, 11) is 1.72. The Morgan fingerprint density at radius 3 is 2.45 bits per heavy atom. The maximum absolute atomic E-state index is 12.2. The summed E-state index contributed by atoms with van der Waals surface area (Å²) in [4.78, 5) is 8.64. The third kappa shape index (κ3) is 6.78. The highest BCUT2D eigenvalue weighted by molar-refractivity contribution is 5.80. The third-order valence-corrected chi connectivity index (χ3v) is 4.99. The molecule has 9 heteroatoms. The minimum Gasteiger partial charge on any atom is -0.506 e. The van der Waals surface area contributed by atoms with E-state index in [4.69, 9.17) is 4.74 Å². The molecule has 31 heavy (non-hydrogen) atoms. The molecular weight excluding hydrogens is 409 g/mol. The van der Waals surface area contributed by atoms with Gasteiger partial charge < -0.3 is 25.0 Å². The number of piperazine rings is 1. The van der Waals surface area contributed by atoms with Gasteiger partial charge in [-0.2, -0.15) is 13.2 Å². The number of aromatic hydroxyl groups is 1. The fraction of sp³-hybridized carbons (Fsp3) is 0.409. The molecule has 1 saturated heterocycles. The highest BCUT2D eigenvalue weighted by atomic mass is 19.4. The van der Waals surface area contributed by atoms with Gasteiger partial charge in [-0.05, 0) is 23.3 Å². The van der Waals surface area contributed by atoms with Crippen LogP contribution in [0.3, 0.4) is 0 Å². The van der Waals surface area contributed by atoms with E-state index < -0.39 is 12.8 Å². The van der Waals surface area contributed by atoms with Gasteiger partial charge in [0.1, 0.15) is 12.4 Å². The summed E-state index contributed by atoms with van der Waals surface area (Å²) in [6.07, 6.45) is -4.32. The lowest BCUT2D eigenvalue weighted by Gasteiger charge is -2.37. The fourth-order valence-corrected chi connectivity index (χ4v) is 3.52. The number of hydrogen-bond donors (Lipinski definition) is 2. The van der Waals surface area contributed by atoms with Crippen LogP contribution in [0.2, 0.25) is 0 Å². The number of halogens is 3. The summed E-state index contributed by atoms with van der Waals surface area (Å²) < 4.78 is 41.4. The SMILES string of the molecule is CN=C(NCc1cccc(COCC(F)(F)F)c1)N1CCN(c2ccccc2O)CC1. The second-order valence-corrected chi connectivity index (χ2v) is 7.29. The molecule has 0 saturated carbocycles. The van der Waals surface area contributed by atoms with Crippen LogP contribution in [0, 0.1) is 0 Å². The zero-order chi connectivity index (χ0) is 22.3. The standard InChI is InChI=1S/C22H27F3N4O2/c1-26-21(29-11-9-28(10-12-29)19-7-2-3-8-20(19)30)27-14-17-5-4-6-18(13-17)15-31-16-22(23,24)25/h2-8,13,30H,9-12,14-16H2,1H3,(H,26,27). The summed E-state index contributed by atoms with van der Waals surface area (Å²) in [6, 6.07) is 14.6. The lowest BCUT2D eigenvalue weighted by molar-refractivity contribution is -0.176. The summed E-state index contributed by atoms with van der Waals surface area (Å²) in [5, 5.41) is 13.4. The zero-order valence-corrected chi connectivity index (χ0v) is 17.4. The van der Waals surface area contributed by atoms with Gasteiger partial charge in [-0.1, -0.05) is 36.4 Å². The van der Waals surface area contributed by atoms with Crippen molar-refractivity contribution < 1.29 is 23.0 Å². The van der Waals surface area contributed by atoms with E-state index in [-0.39, 0.29) is 12.4 Å². The number of rotatable bonds is 6. The van der Waals surface area contributed by atoms with Crippen LogP contribution in [-0.4, -0.2) is 62.0 Å². The Labute approximate surface area is 180 Å². The van der Waals surface area contributed by atoms with Crippen LogP contribution >= 0.6 is 0 Å². The highest BCUT2D eigenvalue weighted by Crippen LogP contribution is 2.27. The molecular formula is C22H27F3N4O2. The van der Waals surface area contributed by atoms with E-state index in [2.05, 4.69) is 20.1 Å². The van der Waals surface area contributed by atoms with Crippen LogP contribution in [-0.2, 0) is 17.9 Å². The van der Waals surface area contributed by atoms with Crippen molar-refractivity contribution >= 4 is 11.6 Å². The minimum absolute atomic E-state index is 0.0869. The molecule has 0 unspecified atom stereocenters. The molecule has 2 aromatic rings. The molecule has 0 spiro atoms. The van der Waals surface area contributed by atoms with E-state index in [9.17, 15) is 18.3 Å². The van der Waals surface area contributed by atoms with Crippen molar-refractivity contribution in [3.63, 3.8) is 0 Å². The van der Waals surface area contributed by atoms with Crippen molar-refractivity contribution in [1.29, 1.82) is 0 Å². The number of benzene rings is 2. The Bertz CT molecular complexity index is 881. The average molecular weight is 436 g/mol. The van der Waals surface area contributed by atoms with Gasteiger partial charge in [-0.3, -0.25) is 4.99 Å². The number of phenols is 1. The van der Waals surface area contributed by atoms with Crippen LogP contribution in [0.4, 0.5) is 18.9 Å². The van der Waals surface area contributed by atoms with Crippen molar-refractivity contribution in [3.05, 3.63) is 59.7 Å². The van der Waals surface area contributed by atoms with Crippen molar-refractivity contribution in [2.24, 2.45) is 4.99 Å². The van der Waals surface area contributed by atoms with Crippen molar-refractivity contribution in [1.82, 2.24) is 10.2 Å². The van der Waals surface area contributed by atoms with Crippen LogP contribution in [0.5, 0.6) is 5.75 Å². The van der Waals surface area contributed by atoms with Crippen LogP contribution in [0.1, 0.15) is 11.1 Å². The summed E-state index contributed by atoms with van der Waals surface area (Å²) in [5.74, 6) is 1.04. The Morgan fingerprint density at radius 2 is 1.77 bits per heavy atom. The maximum atomic E-state index is 12.2. The molecule has 0 aromatic heterocycles. The number of anilines is 1. The van der Waals surface area contributed by atoms with Gasteiger partial charge in [0, 0.05) is 39.8 Å². The molecule has 0 atom stereocenters. The predicted molar refractivity (Wildman–Crippen MR) is 114 cm³/mol.